The molecule has 2 atom stereocenters. The van der Waals surface area contributed by atoms with Gasteiger partial charge in [-0.3, -0.25) is 0 Å². The van der Waals surface area contributed by atoms with Gasteiger partial charge in [0.15, 0.2) is 0 Å². The molecule has 1 saturated heterocycles. The number of rotatable bonds is 4. The number of aliphatic hydroxyl groups is 1. The molecule has 0 bridgehead atoms. The average molecular weight is 238 g/mol. The highest BCUT2D eigenvalue weighted by molar-refractivity contribution is 4.97. The van der Waals surface area contributed by atoms with Gasteiger partial charge in [0.1, 0.15) is 6.10 Å². The van der Waals surface area contributed by atoms with Gasteiger partial charge in [0.2, 0.25) is 0 Å². The Hall–Kier alpha value is -1.06. The Bertz CT molecular complexity index is 300. The normalized spacial score (nSPS) is 20.8. The van der Waals surface area contributed by atoms with E-state index in [0.717, 1.165) is 19.4 Å². The standard InChI is InChI=1S/C10H18O2.C4H4O/c1-8(2)5-4-6-10(3,11)9-7-12-9;1-2-4-5-3-1/h5,9,11H,4,6-7H2,1-3H3;1-4H. The summed E-state index contributed by atoms with van der Waals surface area (Å²) in [5.41, 5.74) is 0.689. The monoisotopic (exact) mass is 238 g/mol. The van der Waals surface area contributed by atoms with Gasteiger partial charge in [0.25, 0.3) is 0 Å². The second-order valence-electron chi connectivity index (χ2n) is 4.79. The molecule has 1 fully saturated rings. The van der Waals surface area contributed by atoms with Gasteiger partial charge < -0.3 is 14.3 Å². The molecule has 2 rings (SSSR count). The minimum atomic E-state index is -0.619. The van der Waals surface area contributed by atoms with Gasteiger partial charge in [-0.2, -0.15) is 0 Å². The van der Waals surface area contributed by atoms with Crippen molar-refractivity contribution in [3.63, 3.8) is 0 Å². The first-order valence-electron chi connectivity index (χ1n) is 5.97. The van der Waals surface area contributed by atoms with Crippen LogP contribution in [0.1, 0.15) is 33.6 Å². The van der Waals surface area contributed by atoms with Crippen molar-refractivity contribution in [2.24, 2.45) is 0 Å². The molecule has 1 aliphatic rings. The zero-order valence-electron chi connectivity index (χ0n) is 10.8. The molecule has 0 spiro atoms. The zero-order chi connectivity index (χ0) is 12.7. The van der Waals surface area contributed by atoms with Gasteiger partial charge in [-0.15, -0.1) is 0 Å². The fraction of sp³-hybridized carbons (Fsp3) is 0.571. The Balaban J connectivity index is 0.000000239. The molecule has 0 aliphatic carbocycles. The van der Waals surface area contributed by atoms with Crippen LogP contribution in [0.2, 0.25) is 0 Å². The summed E-state index contributed by atoms with van der Waals surface area (Å²) in [6.45, 7) is 6.72. The first-order valence-corrected chi connectivity index (χ1v) is 5.97. The van der Waals surface area contributed by atoms with Gasteiger partial charge in [-0.05, 0) is 45.7 Å². The third kappa shape index (κ3) is 6.29. The van der Waals surface area contributed by atoms with E-state index in [1.165, 1.54) is 5.57 Å². The van der Waals surface area contributed by atoms with Crippen molar-refractivity contribution < 1.29 is 14.3 Å². The number of hydrogen-bond donors (Lipinski definition) is 1. The second kappa shape index (κ2) is 6.62. The second-order valence-corrected chi connectivity index (χ2v) is 4.79. The Morgan fingerprint density at radius 2 is 2.00 bits per heavy atom. The van der Waals surface area contributed by atoms with Gasteiger partial charge in [-0.25, -0.2) is 0 Å². The van der Waals surface area contributed by atoms with E-state index in [9.17, 15) is 5.11 Å². The van der Waals surface area contributed by atoms with E-state index in [-0.39, 0.29) is 6.10 Å². The maximum Gasteiger partial charge on any atom is 0.109 e. The quantitative estimate of drug-likeness (QED) is 0.647. The van der Waals surface area contributed by atoms with E-state index >= 15 is 0 Å². The summed E-state index contributed by atoms with van der Waals surface area (Å²) in [7, 11) is 0. The van der Waals surface area contributed by atoms with Crippen molar-refractivity contribution in [3.05, 3.63) is 36.3 Å². The van der Waals surface area contributed by atoms with Crippen LogP contribution in [0.25, 0.3) is 0 Å². The van der Waals surface area contributed by atoms with Crippen LogP contribution in [0.5, 0.6) is 0 Å². The number of hydrogen-bond acceptors (Lipinski definition) is 3. The summed E-state index contributed by atoms with van der Waals surface area (Å²) < 4.78 is 9.64. The molecule has 2 unspecified atom stereocenters. The van der Waals surface area contributed by atoms with E-state index in [2.05, 4.69) is 24.3 Å². The molecule has 0 saturated carbocycles. The molecule has 96 valence electrons. The lowest BCUT2D eigenvalue weighted by molar-refractivity contribution is 0.0225. The van der Waals surface area contributed by atoms with Crippen LogP contribution in [-0.2, 0) is 4.74 Å². The molecule has 17 heavy (non-hydrogen) atoms. The summed E-state index contributed by atoms with van der Waals surface area (Å²) in [6, 6.07) is 3.67. The molecule has 1 N–H and O–H groups in total. The molecule has 1 aromatic heterocycles. The Morgan fingerprint density at radius 1 is 1.41 bits per heavy atom. The minimum absolute atomic E-state index is 0.0862. The predicted molar refractivity (Wildman–Crippen MR) is 67.7 cm³/mol. The van der Waals surface area contributed by atoms with E-state index in [1.807, 2.05) is 19.1 Å². The van der Waals surface area contributed by atoms with Gasteiger partial charge in [0, 0.05) is 0 Å². The summed E-state index contributed by atoms with van der Waals surface area (Å²) in [6.07, 6.45) is 7.22. The lowest BCUT2D eigenvalue weighted by Gasteiger charge is -2.19. The highest BCUT2D eigenvalue weighted by atomic mass is 16.6. The van der Waals surface area contributed by atoms with Crippen molar-refractivity contribution in [1.82, 2.24) is 0 Å². The highest BCUT2D eigenvalue weighted by Crippen LogP contribution is 2.28. The molecule has 0 amide bonds. The van der Waals surface area contributed by atoms with Gasteiger partial charge in [0.05, 0.1) is 24.7 Å². The maximum atomic E-state index is 9.81. The van der Waals surface area contributed by atoms with Crippen LogP contribution in [0.4, 0.5) is 0 Å². The molecule has 2 heterocycles. The van der Waals surface area contributed by atoms with Crippen molar-refractivity contribution in [1.29, 1.82) is 0 Å². The molecule has 0 aromatic carbocycles. The van der Waals surface area contributed by atoms with E-state index < -0.39 is 5.60 Å². The first kappa shape index (κ1) is 14.0. The van der Waals surface area contributed by atoms with Gasteiger partial charge >= 0.3 is 0 Å². The maximum absolute atomic E-state index is 9.81. The molecule has 3 heteroatoms. The van der Waals surface area contributed by atoms with Crippen LogP contribution < -0.4 is 0 Å². The fourth-order valence-electron chi connectivity index (χ4n) is 1.45. The minimum Gasteiger partial charge on any atom is -0.473 e. The van der Waals surface area contributed by atoms with Crippen molar-refractivity contribution >= 4 is 0 Å². The SMILES string of the molecule is CC(C)=CCCC(C)(O)C1CO1.c1ccoc1. The molecule has 3 nitrogen and oxygen atoms in total. The summed E-state index contributed by atoms with van der Waals surface area (Å²) >= 11 is 0. The molecular formula is C14H22O3. The summed E-state index contributed by atoms with van der Waals surface area (Å²) in [5.74, 6) is 0. The Morgan fingerprint density at radius 3 is 2.35 bits per heavy atom. The van der Waals surface area contributed by atoms with Crippen LogP contribution >= 0.6 is 0 Å². The largest absolute Gasteiger partial charge is 0.473 e. The lowest BCUT2D eigenvalue weighted by atomic mass is 9.96. The summed E-state index contributed by atoms with van der Waals surface area (Å²) in [4.78, 5) is 0. The lowest BCUT2D eigenvalue weighted by Crippen LogP contribution is -2.30. The number of furan rings is 1. The number of allylic oxidation sites excluding steroid dienone is 2. The van der Waals surface area contributed by atoms with E-state index in [1.54, 1.807) is 12.5 Å². The summed E-state index contributed by atoms with van der Waals surface area (Å²) in [5, 5.41) is 9.81. The number of ether oxygens (including phenoxy) is 1. The first-order chi connectivity index (χ1) is 8.02. The van der Waals surface area contributed by atoms with Crippen molar-refractivity contribution in [3.8, 4) is 0 Å². The fourth-order valence-corrected chi connectivity index (χ4v) is 1.45. The van der Waals surface area contributed by atoms with Crippen LogP contribution in [-0.4, -0.2) is 23.4 Å². The van der Waals surface area contributed by atoms with E-state index in [4.69, 9.17) is 4.74 Å². The molecule has 0 radical (unpaired) electrons. The topological polar surface area (TPSA) is 45.9 Å². The van der Waals surface area contributed by atoms with Gasteiger partial charge in [-0.1, -0.05) is 11.6 Å². The third-order valence-corrected chi connectivity index (χ3v) is 2.66. The van der Waals surface area contributed by atoms with Crippen molar-refractivity contribution in [2.75, 3.05) is 6.61 Å². The molecule has 1 aromatic rings. The van der Waals surface area contributed by atoms with Crippen LogP contribution in [0.3, 0.4) is 0 Å². The average Bonchev–Trinajstić information content (AvgIpc) is 2.94. The zero-order valence-corrected chi connectivity index (χ0v) is 10.8. The predicted octanol–water partition coefficient (Wildman–Crippen LogP) is 3.16. The number of epoxide rings is 1. The molecular weight excluding hydrogens is 216 g/mol. The van der Waals surface area contributed by atoms with Crippen molar-refractivity contribution in [2.45, 2.75) is 45.3 Å². The molecule has 1 aliphatic heterocycles. The van der Waals surface area contributed by atoms with Crippen LogP contribution in [0.15, 0.2) is 40.7 Å². The third-order valence-electron chi connectivity index (χ3n) is 2.66. The smallest absolute Gasteiger partial charge is 0.109 e. The van der Waals surface area contributed by atoms with Crippen LogP contribution in [0, 0.1) is 0 Å². The highest BCUT2D eigenvalue weighted by Gasteiger charge is 2.40. The van der Waals surface area contributed by atoms with E-state index in [0.29, 0.717) is 0 Å². The Kier molecular flexibility index (Phi) is 5.45. The Labute approximate surface area is 103 Å².